The average molecular weight is 257 g/mol. The summed E-state index contributed by atoms with van der Waals surface area (Å²) in [4.78, 5) is 7.93. The Hall–Kier alpha value is -1.80. The van der Waals surface area contributed by atoms with Crippen molar-refractivity contribution in [2.75, 3.05) is 0 Å². The highest BCUT2D eigenvalue weighted by atomic mass is 35.5. The Balaban J connectivity index is 2.20. The van der Waals surface area contributed by atoms with Crippen LogP contribution in [0.3, 0.4) is 0 Å². The molecule has 1 heterocycles. The number of hydrogen-bond donors (Lipinski definition) is 1. The van der Waals surface area contributed by atoms with Crippen LogP contribution in [0.2, 0.25) is 5.02 Å². The molecule has 3 aromatic rings. The molecule has 0 fully saturated rings. The monoisotopic (exact) mass is 256 g/mol. The van der Waals surface area contributed by atoms with Crippen LogP contribution in [0, 0.1) is 13.8 Å². The van der Waals surface area contributed by atoms with E-state index in [2.05, 4.69) is 22.1 Å². The molecule has 0 aliphatic rings. The minimum Gasteiger partial charge on any atom is -0.338 e. The average Bonchev–Trinajstić information content (AvgIpc) is 2.79. The van der Waals surface area contributed by atoms with Crippen LogP contribution in [0.1, 0.15) is 11.1 Å². The molecule has 0 unspecified atom stereocenters. The zero-order chi connectivity index (χ0) is 12.7. The molecule has 1 aromatic heterocycles. The molecule has 1 N–H and O–H groups in total. The maximum atomic E-state index is 6.19. The lowest BCUT2D eigenvalue weighted by atomic mass is 10.1. The van der Waals surface area contributed by atoms with Crippen LogP contribution in [-0.2, 0) is 0 Å². The minimum absolute atomic E-state index is 0.829. The number of aromatic nitrogens is 2. The molecule has 0 bridgehead atoms. The van der Waals surface area contributed by atoms with E-state index < -0.39 is 0 Å². The quantitative estimate of drug-likeness (QED) is 0.682. The number of aryl methyl sites for hydroxylation is 2. The molecule has 0 saturated heterocycles. The Morgan fingerprint density at radius 2 is 1.72 bits per heavy atom. The van der Waals surface area contributed by atoms with E-state index in [9.17, 15) is 0 Å². The number of fused-ring (bicyclic) bond motifs is 1. The first-order valence-electron chi connectivity index (χ1n) is 5.87. The van der Waals surface area contributed by atoms with Gasteiger partial charge in [-0.3, -0.25) is 0 Å². The number of aromatic amines is 1. The Labute approximate surface area is 111 Å². The zero-order valence-corrected chi connectivity index (χ0v) is 11.0. The highest BCUT2D eigenvalue weighted by Gasteiger charge is 2.08. The summed E-state index contributed by atoms with van der Waals surface area (Å²) in [6.45, 7) is 4.03. The highest BCUT2D eigenvalue weighted by Crippen LogP contribution is 2.27. The van der Waals surface area contributed by atoms with Crippen LogP contribution < -0.4 is 0 Å². The first-order valence-corrected chi connectivity index (χ1v) is 6.25. The molecule has 3 rings (SSSR count). The normalized spacial score (nSPS) is 11.1. The van der Waals surface area contributed by atoms with E-state index in [1.165, 1.54) is 0 Å². The molecule has 0 amide bonds. The third-order valence-electron chi connectivity index (χ3n) is 3.10. The third kappa shape index (κ3) is 1.79. The molecule has 0 saturated carbocycles. The molecule has 2 nitrogen and oxygen atoms in total. The maximum absolute atomic E-state index is 6.19. The number of imidazole rings is 1. The van der Waals surface area contributed by atoms with Gasteiger partial charge in [0.15, 0.2) is 0 Å². The van der Waals surface area contributed by atoms with Crippen molar-refractivity contribution in [2.24, 2.45) is 0 Å². The van der Waals surface area contributed by atoms with E-state index in [0.29, 0.717) is 0 Å². The first-order chi connectivity index (χ1) is 8.65. The second-order valence-corrected chi connectivity index (χ2v) is 4.90. The smallest absolute Gasteiger partial charge is 0.138 e. The van der Waals surface area contributed by atoms with E-state index in [4.69, 9.17) is 11.6 Å². The fraction of sp³-hybridized carbons (Fsp3) is 0.133. The maximum Gasteiger partial charge on any atom is 0.138 e. The van der Waals surface area contributed by atoms with Gasteiger partial charge in [0, 0.05) is 10.6 Å². The summed E-state index contributed by atoms with van der Waals surface area (Å²) in [6, 6.07) is 12.2. The van der Waals surface area contributed by atoms with E-state index in [0.717, 1.165) is 38.6 Å². The molecule has 18 heavy (non-hydrogen) atoms. The number of H-pyrrole nitrogens is 1. The van der Waals surface area contributed by atoms with Crippen molar-refractivity contribution in [3.8, 4) is 11.4 Å². The lowest BCUT2D eigenvalue weighted by Crippen LogP contribution is -1.86. The third-order valence-corrected chi connectivity index (χ3v) is 3.70. The van der Waals surface area contributed by atoms with Gasteiger partial charge in [-0.05, 0) is 49.2 Å². The topological polar surface area (TPSA) is 28.7 Å². The number of rotatable bonds is 1. The minimum atomic E-state index is 0.829. The molecule has 0 radical (unpaired) electrons. The van der Waals surface area contributed by atoms with E-state index in [1.807, 2.05) is 38.1 Å². The van der Waals surface area contributed by atoms with Crippen molar-refractivity contribution in [1.29, 1.82) is 0 Å². The standard InChI is InChI=1S/C15H13ClN2/c1-9-7-11(8-10(2)14(9)16)15-17-12-5-3-4-6-13(12)18-15/h3-8H,1-2H3,(H,17,18). The van der Waals surface area contributed by atoms with Gasteiger partial charge < -0.3 is 4.98 Å². The Bertz CT molecular complexity index is 672. The van der Waals surface area contributed by atoms with Gasteiger partial charge in [-0.15, -0.1) is 0 Å². The van der Waals surface area contributed by atoms with Gasteiger partial charge in [-0.2, -0.15) is 0 Å². The number of benzene rings is 2. The predicted molar refractivity (Wildman–Crippen MR) is 76.0 cm³/mol. The van der Waals surface area contributed by atoms with Crippen molar-refractivity contribution in [2.45, 2.75) is 13.8 Å². The van der Waals surface area contributed by atoms with Gasteiger partial charge in [-0.25, -0.2) is 4.98 Å². The van der Waals surface area contributed by atoms with Crippen molar-refractivity contribution >= 4 is 22.6 Å². The first kappa shape index (κ1) is 11.3. The SMILES string of the molecule is Cc1cc(-c2nc3ccccc3[nH]2)cc(C)c1Cl. The summed E-state index contributed by atoms with van der Waals surface area (Å²) in [5, 5.41) is 0.829. The van der Waals surface area contributed by atoms with Crippen molar-refractivity contribution < 1.29 is 0 Å². The Morgan fingerprint density at radius 3 is 2.39 bits per heavy atom. The molecular weight excluding hydrogens is 244 g/mol. The summed E-state index contributed by atoms with van der Waals surface area (Å²) < 4.78 is 0. The van der Waals surface area contributed by atoms with Gasteiger partial charge in [-0.1, -0.05) is 23.7 Å². The Morgan fingerprint density at radius 1 is 1.06 bits per heavy atom. The van der Waals surface area contributed by atoms with Crippen LogP contribution in [0.4, 0.5) is 0 Å². The molecule has 90 valence electrons. The van der Waals surface area contributed by atoms with Crippen LogP contribution in [0.5, 0.6) is 0 Å². The second-order valence-electron chi connectivity index (χ2n) is 4.53. The highest BCUT2D eigenvalue weighted by molar-refractivity contribution is 6.32. The van der Waals surface area contributed by atoms with Gasteiger partial charge in [0.1, 0.15) is 5.82 Å². The van der Waals surface area contributed by atoms with Crippen LogP contribution in [0.15, 0.2) is 36.4 Å². The summed E-state index contributed by atoms with van der Waals surface area (Å²) in [7, 11) is 0. The summed E-state index contributed by atoms with van der Waals surface area (Å²) in [5.41, 5.74) is 5.26. The van der Waals surface area contributed by atoms with E-state index in [-0.39, 0.29) is 0 Å². The van der Waals surface area contributed by atoms with Crippen molar-refractivity contribution in [3.05, 3.63) is 52.5 Å². The van der Waals surface area contributed by atoms with Crippen LogP contribution in [0.25, 0.3) is 22.4 Å². The van der Waals surface area contributed by atoms with Gasteiger partial charge in [0.05, 0.1) is 11.0 Å². The van der Waals surface area contributed by atoms with Crippen LogP contribution >= 0.6 is 11.6 Å². The number of hydrogen-bond acceptors (Lipinski definition) is 1. The molecule has 3 heteroatoms. The molecule has 0 aliphatic carbocycles. The number of para-hydroxylation sites is 2. The number of halogens is 1. The molecule has 0 atom stereocenters. The summed E-state index contributed by atoms with van der Waals surface area (Å²) in [5.74, 6) is 0.888. The number of nitrogens with one attached hydrogen (secondary N) is 1. The van der Waals surface area contributed by atoms with Crippen molar-refractivity contribution in [3.63, 3.8) is 0 Å². The van der Waals surface area contributed by atoms with Gasteiger partial charge >= 0.3 is 0 Å². The molecular formula is C15H13ClN2. The van der Waals surface area contributed by atoms with Gasteiger partial charge in [0.2, 0.25) is 0 Å². The lowest BCUT2D eigenvalue weighted by Gasteiger charge is -2.05. The van der Waals surface area contributed by atoms with E-state index in [1.54, 1.807) is 0 Å². The fourth-order valence-corrected chi connectivity index (χ4v) is 2.28. The zero-order valence-electron chi connectivity index (χ0n) is 10.3. The lowest BCUT2D eigenvalue weighted by molar-refractivity contribution is 1.30. The second kappa shape index (κ2) is 4.14. The largest absolute Gasteiger partial charge is 0.338 e. The summed E-state index contributed by atoms with van der Waals surface area (Å²) >= 11 is 6.19. The Kier molecular flexibility index (Phi) is 2.60. The molecule has 2 aromatic carbocycles. The molecule has 0 aliphatic heterocycles. The predicted octanol–water partition coefficient (Wildman–Crippen LogP) is 4.50. The number of nitrogens with zero attached hydrogens (tertiary/aromatic N) is 1. The summed E-state index contributed by atoms with van der Waals surface area (Å²) in [6.07, 6.45) is 0. The van der Waals surface area contributed by atoms with Gasteiger partial charge in [0.25, 0.3) is 0 Å². The molecule has 0 spiro atoms. The fourth-order valence-electron chi connectivity index (χ4n) is 2.17. The van der Waals surface area contributed by atoms with Crippen LogP contribution in [-0.4, -0.2) is 9.97 Å². The van der Waals surface area contributed by atoms with E-state index >= 15 is 0 Å². The van der Waals surface area contributed by atoms with Crippen molar-refractivity contribution in [1.82, 2.24) is 9.97 Å².